The zero-order chi connectivity index (χ0) is 13.4. The Hall–Kier alpha value is -2.03. The van der Waals surface area contributed by atoms with Crippen molar-refractivity contribution in [1.29, 1.82) is 5.26 Å². The van der Waals surface area contributed by atoms with Gasteiger partial charge in [-0.2, -0.15) is 10.2 Å². The molecule has 0 amide bonds. The number of aromatic nitrogens is 2. The maximum atomic E-state index is 8.63. The number of nitrogens with zero attached hydrogens (tertiary/aromatic N) is 4. The highest BCUT2D eigenvalue weighted by Crippen LogP contribution is 2.27. The van der Waals surface area contributed by atoms with E-state index >= 15 is 0 Å². The van der Waals surface area contributed by atoms with Crippen molar-refractivity contribution in [2.24, 2.45) is 0 Å². The zero-order valence-electron chi connectivity index (χ0n) is 10.9. The normalized spacial score (nSPS) is 9.83. The Morgan fingerprint density at radius 1 is 1.44 bits per heavy atom. The van der Waals surface area contributed by atoms with Crippen LogP contribution in [0.25, 0.3) is 0 Å². The number of nitrogen functional groups attached to an aromatic ring is 1. The van der Waals surface area contributed by atoms with Crippen LogP contribution in [0.4, 0.5) is 11.5 Å². The van der Waals surface area contributed by atoms with E-state index < -0.39 is 0 Å². The number of nitrogens with two attached hydrogens (primary N) is 1. The van der Waals surface area contributed by atoms with E-state index in [4.69, 9.17) is 15.7 Å². The van der Waals surface area contributed by atoms with Crippen molar-refractivity contribution in [3.63, 3.8) is 0 Å². The minimum absolute atomic E-state index is 0.414. The molecule has 18 heavy (non-hydrogen) atoms. The summed E-state index contributed by atoms with van der Waals surface area (Å²) >= 11 is 0. The van der Waals surface area contributed by atoms with E-state index in [9.17, 15) is 0 Å². The van der Waals surface area contributed by atoms with Gasteiger partial charge in [-0.25, -0.2) is 4.98 Å². The average molecular weight is 249 g/mol. The lowest BCUT2D eigenvalue weighted by Crippen LogP contribution is -2.26. The third kappa shape index (κ3) is 3.48. The predicted octanol–water partition coefficient (Wildman–Crippen LogP) is 1.59. The van der Waals surface area contributed by atoms with Crippen molar-refractivity contribution in [3.8, 4) is 11.9 Å². The van der Waals surface area contributed by atoms with Crippen molar-refractivity contribution >= 4 is 11.5 Å². The first-order valence-electron chi connectivity index (χ1n) is 6.09. The van der Waals surface area contributed by atoms with Crippen LogP contribution in [-0.2, 0) is 0 Å². The summed E-state index contributed by atoms with van der Waals surface area (Å²) in [7, 11) is 0. The highest BCUT2D eigenvalue weighted by atomic mass is 16.5. The van der Waals surface area contributed by atoms with E-state index in [0.29, 0.717) is 37.0 Å². The number of anilines is 2. The highest BCUT2D eigenvalue weighted by Gasteiger charge is 2.14. The smallest absolute Gasteiger partial charge is 0.242 e. The highest BCUT2D eigenvalue weighted by molar-refractivity contribution is 5.67. The van der Waals surface area contributed by atoms with Crippen LogP contribution in [0.3, 0.4) is 0 Å². The summed E-state index contributed by atoms with van der Waals surface area (Å²) in [6, 6.07) is 2.11. The first kappa shape index (κ1) is 14.0. The van der Waals surface area contributed by atoms with Crippen molar-refractivity contribution in [2.45, 2.75) is 26.7 Å². The molecular formula is C12H19N5O. The number of ether oxygens (including phenoxy) is 1. The number of hydrogen-bond acceptors (Lipinski definition) is 6. The molecule has 0 radical (unpaired) electrons. The standard InChI is InChI=1S/C12H19N5O/c1-3-8-18-12-10(14)11(15-9-16-12)17(4-2)7-5-6-13/h9H,3-5,7-8,14H2,1-2H3. The van der Waals surface area contributed by atoms with Crippen LogP contribution in [0, 0.1) is 11.3 Å². The van der Waals surface area contributed by atoms with Crippen LogP contribution in [0.15, 0.2) is 6.33 Å². The third-order valence-corrected chi connectivity index (χ3v) is 2.44. The molecular weight excluding hydrogens is 230 g/mol. The number of rotatable bonds is 7. The van der Waals surface area contributed by atoms with Gasteiger partial charge in [0.15, 0.2) is 5.82 Å². The van der Waals surface area contributed by atoms with E-state index in [1.165, 1.54) is 6.33 Å². The first-order chi connectivity index (χ1) is 8.74. The summed E-state index contributed by atoms with van der Waals surface area (Å²) in [5, 5.41) is 8.63. The molecule has 0 spiro atoms. The number of nitriles is 1. The van der Waals surface area contributed by atoms with Gasteiger partial charge < -0.3 is 15.4 Å². The monoisotopic (exact) mass is 249 g/mol. The molecule has 0 saturated carbocycles. The van der Waals surface area contributed by atoms with E-state index in [1.807, 2.05) is 18.7 Å². The van der Waals surface area contributed by atoms with Gasteiger partial charge in [0.1, 0.15) is 12.0 Å². The van der Waals surface area contributed by atoms with Crippen LogP contribution >= 0.6 is 0 Å². The fraction of sp³-hybridized carbons (Fsp3) is 0.583. The van der Waals surface area contributed by atoms with Crippen LogP contribution in [0.2, 0.25) is 0 Å². The Bertz CT molecular complexity index is 415. The van der Waals surface area contributed by atoms with Gasteiger partial charge in [-0.05, 0) is 13.3 Å². The summed E-state index contributed by atoms with van der Waals surface area (Å²) in [4.78, 5) is 10.1. The lowest BCUT2D eigenvalue weighted by Gasteiger charge is -2.22. The molecule has 0 aromatic carbocycles. The predicted molar refractivity (Wildman–Crippen MR) is 70.3 cm³/mol. The van der Waals surface area contributed by atoms with Crippen LogP contribution in [-0.4, -0.2) is 29.7 Å². The van der Waals surface area contributed by atoms with Gasteiger partial charge in [0.2, 0.25) is 5.88 Å². The van der Waals surface area contributed by atoms with Crippen LogP contribution in [0.5, 0.6) is 5.88 Å². The molecule has 98 valence electrons. The fourth-order valence-corrected chi connectivity index (χ4v) is 1.54. The summed E-state index contributed by atoms with van der Waals surface area (Å²) in [5.74, 6) is 1.05. The quantitative estimate of drug-likeness (QED) is 0.789. The fourth-order valence-electron chi connectivity index (χ4n) is 1.54. The second kappa shape index (κ2) is 7.33. The molecule has 0 aliphatic carbocycles. The lowest BCUT2D eigenvalue weighted by molar-refractivity contribution is 0.306. The summed E-state index contributed by atoms with van der Waals surface area (Å²) in [6.07, 6.45) is 2.76. The second-order valence-corrected chi connectivity index (χ2v) is 3.75. The molecule has 6 heteroatoms. The SMILES string of the molecule is CCCOc1ncnc(N(CC)CCC#N)c1N. The molecule has 1 heterocycles. The Morgan fingerprint density at radius 2 is 2.22 bits per heavy atom. The molecule has 6 nitrogen and oxygen atoms in total. The van der Waals surface area contributed by atoms with Gasteiger partial charge in [0, 0.05) is 13.1 Å². The van der Waals surface area contributed by atoms with Gasteiger partial charge in [0.05, 0.1) is 19.1 Å². The van der Waals surface area contributed by atoms with E-state index in [1.54, 1.807) is 0 Å². The third-order valence-electron chi connectivity index (χ3n) is 2.44. The molecule has 0 bridgehead atoms. The molecule has 1 rings (SSSR count). The minimum Gasteiger partial charge on any atom is -0.476 e. The zero-order valence-corrected chi connectivity index (χ0v) is 10.9. The summed E-state index contributed by atoms with van der Waals surface area (Å²) in [6.45, 7) is 5.91. The van der Waals surface area contributed by atoms with Crippen molar-refractivity contribution < 1.29 is 4.74 Å². The number of hydrogen-bond donors (Lipinski definition) is 1. The molecule has 0 fully saturated rings. The minimum atomic E-state index is 0.414. The van der Waals surface area contributed by atoms with Crippen molar-refractivity contribution in [2.75, 3.05) is 30.3 Å². The lowest BCUT2D eigenvalue weighted by atomic mass is 10.3. The average Bonchev–Trinajstić information content (AvgIpc) is 2.40. The molecule has 0 saturated heterocycles. The topological polar surface area (TPSA) is 88.1 Å². The molecule has 1 aromatic heterocycles. The maximum absolute atomic E-state index is 8.63. The largest absolute Gasteiger partial charge is 0.476 e. The van der Waals surface area contributed by atoms with Gasteiger partial charge in [-0.1, -0.05) is 6.92 Å². The van der Waals surface area contributed by atoms with Crippen molar-refractivity contribution in [3.05, 3.63) is 6.33 Å². The molecule has 0 aliphatic heterocycles. The first-order valence-corrected chi connectivity index (χ1v) is 6.09. The van der Waals surface area contributed by atoms with Crippen molar-refractivity contribution in [1.82, 2.24) is 9.97 Å². The Labute approximate surface area is 107 Å². The maximum Gasteiger partial charge on any atom is 0.242 e. The molecule has 2 N–H and O–H groups in total. The second-order valence-electron chi connectivity index (χ2n) is 3.75. The van der Waals surface area contributed by atoms with E-state index in [0.717, 1.165) is 13.0 Å². The Kier molecular flexibility index (Phi) is 5.71. The van der Waals surface area contributed by atoms with Gasteiger partial charge in [-0.15, -0.1) is 0 Å². The molecule has 0 aliphatic rings. The van der Waals surface area contributed by atoms with Crippen LogP contribution < -0.4 is 15.4 Å². The molecule has 0 unspecified atom stereocenters. The summed E-state index contributed by atoms with van der Waals surface area (Å²) in [5.41, 5.74) is 6.43. The molecule has 0 atom stereocenters. The van der Waals surface area contributed by atoms with Crippen LogP contribution in [0.1, 0.15) is 26.7 Å². The van der Waals surface area contributed by atoms with Gasteiger partial charge in [-0.3, -0.25) is 0 Å². The van der Waals surface area contributed by atoms with Gasteiger partial charge >= 0.3 is 0 Å². The molecule has 1 aromatic rings. The summed E-state index contributed by atoms with van der Waals surface area (Å²) < 4.78 is 5.46. The Balaban J connectivity index is 2.90. The Morgan fingerprint density at radius 3 is 2.83 bits per heavy atom. The van der Waals surface area contributed by atoms with E-state index in [2.05, 4.69) is 16.0 Å². The van der Waals surface area contributed by atoms with E-state index in [-0.39, 0.29) is 0 Å². The van der Waals surface area contributed by atoms with Gasteiger partial charge in [0.25, 0.3) is 0 Å².